The number of nitrogens with two attached hydrogens (primary N) is 1. The number of rotatable bonds is 7. The Kier molecular flexibility index (Phi) is 5.92. The molecule has 0 bridgehead atoms. The van der Waals surface area contributed by atoms with Gasteiger partial charge in [-0.1, -0.05) is 6.07 Å². The predicted octanol–water partition coefficient (Wildman–Crippen LogP) is 0.287. The minimum atomic E-state index is -1.11. The number of carboxylic acids is 1. The van der Waals surface area contributed by atoms with Crippen molar-refractivity contribution >= 4 is 11.9 Å². The fourth-order valence-corrected chi connectivity index (χ4v) is 1.48. The molecule has 4 N–H and O–H groups in total. The highest BCUT2D eigenvalue weighted by Gasteiger charge is 2.17. The molecule has 1 amide bonds. The van der Waals surface area contributed by atoms with E-state index < -0.39 is 24.3 Å². The number of carboxylic acid groups (broad SMARTS) is 1. The summed E-state index contributed by atoms with van der Waals surface area (Å²) < 4.78 is 5.51. The third-order valence-electron chi connectivity index (χ3n) is 2.38. The Balaban J connectivity index is 2.61. The second kappa shape index (κ2) is 7.44. The highest BCUT2D eigenvalue weighted by atomic mass is 16.5. The van der Waals surface area contributed by atoms with Gasteiger partial charge in [0.2, 0.25) is 11.8 Å². The van der Waals surface area contributed by atoms with Gasteiger partial charge < -0.3 is 20.9 Å². The first-order valence-electron chi connectivity index (χ1n) is 6.25. The summed E-state index contributed by atoms with van der Waals surface area (Å²) in [7, 11) is 0. The van der Waals surface area contributed by atoms with E-state index in [-0.39, 0.29) is 12.6 Å². The second-order valence-electron chi connectivity index (χ2n) is 4.56. The number of carbonyl (C=O) groups excluding carboxylic acids is 1. The molecule has 1 aromatic heterocycles. The molecule has 1 unspecified atom stereocenters. The molecule has 0 aliphatic rings. The topological polar surface area (TPSA) is 115 Å². The molecule has 1 aromatic rings. The van der Waals surface area contributed by atoms with Crippen molar-refractivity contribution < 1.29 is 19.4 Å². The van der Waals surface area contributed by atoms with Crippen molar-refractivity contribution in [1.29, 1.82) is 0 Å². The Hall–Kier alpha value is -2.15. The molecule has 0 spiro atoms. The van der Waals surface area contributed by atoms with Crippen molar-refractivity contribution in [2.24, 2.45) is 5.73 Å². The number of aromatic nitrogens is 1. The van der Waals surface area contributed by atoms with Crippen molar-refractivity contribution in [2.45, 2.75) is 39.0 Å². The van der Waals surface area contributed by atoms with E-state index in [0.29, 0.717) is 11.4 Å². The Morgan fingerprint density at radius 2 is 2.20 bits per heavy atom. The zero-order valence-corrected chi connectivity index (χ0v) is 11.5. The van der Waals surface area contributed by atoms with Crippen LogP contribution in [0.25, 0.3) is 0 Å². The third-order valence-corrected chi connectivity index (χ3v) is 2.38. The van der Waals surface area contributed by atoms with E-state index in [9.17, 15) is 9.59 Å². The van der Waals surface area contributed by atoms with Gasteiger partial charge in [-0.15, -0.1) is 0 Å². The Morgan fingerprint density at radius 3 is 2.80 bits per heavy atom. The van der Waals surface area contributed by atoms with Gasteiger partial charge in [0, 0.05) is 18.3 Å². The quantitative estimate of drug-likeness (QED) is 0.661. The van der Waals surface area contributed by atoms with Crippen LogP contribution in [-0.4, -0.2) is 34.1 Å². The van der Waals surface area contributed by atoms with Gasteiger partial charge in [0.05, 0.1) is 18.6 Å². The molecule has 0 fully saturated rings. The molecular formula is C13H19N3O4. The molecule has 0 radical (unpaired) electrons. The lowest BCUT2D eigenvalue weighted by Gasteiger charge is -2.14. The molecule has 0 saturated carbocycles. The number of carbonyl (C=O) groups is 2. The molecule has 0 aliphatic carbocycles. The minimum absolute atomic E-state index is 0.0337. The zero-order valence-electron chi connectivity index (χ0n) is 11.5. The average molecular weight is 281 g/mol. The van der Waals surface area contributed by atoms with E-state index in [4.69, 9.17) is 15.6 Å². The van der Waals surface area contributed by atoms with Crippen LogP contribution in [0.15, 0.2) is 18.3 Å². The Morgan fingerprint density at radius 1 is 1.50 bits per heavy atom. The first kappa shape index (κ1) is 15.9. The lowest BCUT2D eigenvalue weighted by Crippen LogP contribution is -2.41. The summed E-state index contributed by atoms with van der Waals surface area (Å²) in [4.78, 5) is 26.2. The van der Waals surface area contributed by atoms with Gasteiger partial charge in [-0.25, -0.2) is 4.98 Å². The van der Waals surface area contributed by atoms with Gasteiger partial charge in [0.25, 0.3) is 0 Å². The lowest BCUT2D eigenvalue weighted by atomic mass is 10.2. The first-order valence-corrected chi connectivity index (χ1v) is 6.25. The Labute approximate surface area is 117 Å². The lowest BCUT2D eigenvalue weighted by molar-refractivity contribution is -0.139. The van der Waals surface area contributed by atoms with Crippen LogP contribution < -0.4 is 15.8 Å². The van der Waals surface area contributed by atoms with Crippen LogP contribution in [0.2, 0.25) is 0 Å². The van der Waals surface area contributed by atoms with E-state index in [1.807, 2.05) is 13.8 Å². The maximum atomic E-state index is 11.6. The van der Waals surface area contributed by atoms with Crippen LogP contribution in [0.4, 0.5) is 0 Å². The summed E-state index contributed by atoms with van der Waals surface area (Å²) in [5, 5.41) is 11.1. The summed E-state index contributed by atoms with van der Waals surface area (Å²) >= 11 is 0. The summed E-state index contributed by atoms with van der Waals surface area (Å²) in [6, 6.07) is 2.43. The van der Waals surface area contributed by atoms with Gasteiger partial charge in [-0.2, -0.15) is 0 Å². The molecule has 7 heteroatoms. The van der Waals surface area contributed by atoms with E-state index in [2.05, 4.69) is 10.3 Å². The molecule has 1 heterocycles. The number of nitrogens with zero attached hydrogens (tertiary/aromatic N) is 1. The molecule has 110 valence electrons. The number of nitrogens with one attached hydrogen (secondary N) is 1. The number of pyridine rings is 1. The maximum absolute atomic E-state index is 11.6. The normalized spacial score (nSPS) is 12.0. The monoisotopic (exact) mass is 281 g/mol. The van der Waals surface area contributed by atoms with Gasteiger partial charge in [-0.05, 0) is 19.9 Å². The highest BCUT2D eigenvalue weighted by molar-refractivity contribution is 5.85. The smallest absolute Gasteiger partial charge is 0.305 e. The van der Waals surface area contributed by atoms with Crippen LogP contribution in [0.1, 0.15) is 25.8 Å². The molecule has 1 atom stereocenters. The minimum Gasteiger partial charge on any atom is -0.481 e. The average Bonchev–Trinajstić information content (AvgIpc) is 2.35. The fraction of sp³-hybridized carbons (Fsp3) is 0.462. The van der Waals surface area contributed by atoms with Crippen LogP contribution >= 0.6 is 0 Å². The van der Waals surface area contributed by atoms with Crippen molar-refractivity contribution in [1.82, 2.24) is 10.3 Å². The predicted molar refractivity (Wildman–Crippen MR) is 72.1 cm³/mol. The van der Waals surface area contributed by atoms with Crippen molar-refractivity contribution in [3.05, 3.63) is 23.9 Å². The highest BCUT2D eigenvalue weighted by Crippen LogP contribution is 2.15. The standard InChI is InChI=1S/C13H19N3O4/c1-8(2)20-13-9(4-3-5-15-13)7-16-12(19)10(14)6-11(17)18/h3-5,8,10H,6-7,14H2,1-2H3,(H,16,19)(H,17,18). The van der Waals surface area contributed by atoms with Gasteiger partial charge in [-0.3, -0.25) is 9.59 Å². The second-order valence-corrected chi connectivity index (χ2v) is 4.56. The van der Waals surface area contributed by atoms with Crippen molar-refractivity contribution in [3.63, 3.8) is 0 Å². The Bertz CT molecular complexity index is 476. The van der Waals surface area contributed by atoms with Crippen molar-refractivity contribution in [2.75, 3.05) is 0 Å². The molecule has 7 nitrogen and oxygen atoms in total. The van der Waals surface area contributed by atoms with Gasteiger partial charge in [0.15, 0.2) is 0 Å². The summed E-state index contributed by atoms with van der Waals surface area (Å²) in [5.41, 5.74) is 6.17. The number of hydrogen-bond donors (Lipinski definition) is 3. The van der Waals surface area contributed by atoms with Crippen LogP contribution in [0, 0.1) is 0 Å². The van der Waals surface area contributed by atoms with E-state index in [1.54, 1.807) is 18.3 Å². The molecule has 20 heavy (non-hydrogen) atoms. The maximum Gasteiger partial charge on any atom is 0.305 e. The van der Waals surface area contributed by atoms with E-state index >= 15 is 0 Å². The number of hydrogen-bond acceptors (Lipinski definition) is 5. The molecular weight excluding hydrogens is 262 g/mol. The summed E-state index contributed by atoms with van der Waals surface area (Å²) in [6.45, 7) is 3.93. The van der Waals surface area contributed by atoms with E-state index in [1.165, 1.54) is 0 Å². The number of amides is 1. The number of ether oxygens (including phenoxy) is 1. The third kappa shape index (κ3) is 5.23. The van der Waals surface area contributed by atoms with Crippen LogP contribution in [-0.2, 0) is 16.1 Å². The molecule has 0 aliphatic heterocycles. The first-order chi connectivity index (χ1) is 9.40. The fourth-order valence-electron chi connectivity index (χ4n) is 1.48. The zero-order chi connectivity index (χ0) is 15.1. The summed E-state index contributed by atoms with van der Waals surface area (Å²) in [6.07, 6.45) is 1.15. The van der Waals surface area contributed by atoms with Gasteiger partial charge in [0.1, 0.15) is 0 Å². The molecule has 0 saturated heterocycles. The van der Waals surface area contributed by atoms with Crippen molar-refractivity contribution in [3.8, 4) is 5.88 Å². The molecule has 1 rings (SSSR count). The van der Waals surface area contributed by atoms with Gasteiger partial charge >= 0.3 is 5.97 Å². The van der Waals surface area contributed by atoms with E-state index in [0.717, 1.165) is 0 Å². The summed E-state index contributed by atoms with van der Waals surface area (Å²) in [5.74, 6) is -1.20. The SMILES string of the molecule is CC(C)Oc1ncccc1CNC(=O)C(N)CC(=O)O. The number of aliphatic carboxylic acids is 1. The molecule has 0 aromatic carbocycles. The van der Waals surface area contributed by atoms with Crippen LogP contribution in [0.3, 0.4) is 0 Å². The van der Waals surface area contributed by atoms with Crippen LogP contribution in [0.5, 0.6) is 5.88 Å². The largest absolute Gasteiger partial charge is 0.481 e.